The molecule has 1 N–H and O–H groups in total. The third-order valence-electron chi connectivity index (χ3n) is 3.33. The molecule has 0 aromatic heterocycles. The molecule has 0 heterocycles. The lowest BCUT2D eigenvalue weighted by atomic mass is 9.92. The molecule has 1 aromatic rings. The average Bonchev–Trinajstić information content (AvgIpc) is 2.48. The smallest absolute Gasteiger partial charge is 0.245 e. The van der Waals surface area contributed by atoms with Crippen LogP contribution < -0.4 is 5.32 Å². The first-order valence-electron chi connectivity index (χ1n) is 6.85. The lowest BCUT2D eigenvalue weighted by Gasteiger charge is -2.13. The molecular weight excluding hydrogens is 252 g/mol. The molecule has 1 rings (SSSR count). The largest absolute Gasteiger partial charge is 0.354 e. The van der Waals surface area contributed by atoms with Crippen LogP contribution in [0.5, 0.6) is 0 Å². The Labute approximate surface area is 119 Å². The molecule has 0 aliphatic carbocycles. The number of Topliss-reactive ketones (excluding diaryl/α,β-unsaturated/α-hetero) is 1. The van der Waals surface area contributed by atoms with Gasteiger partial charge in [-0.05, 0) is 18.4 Å². The van der Waals surface area contributed by atoms with Crippen molar-refractivity contribution in [3.05, 3.63) is 35.9 Å². The van der Waals surface area contributed by atoms with Crippen molar-refractivity contribution in [2.24, 2.45) is 11.8 Å². The van der Waals surface area contributed by atoms with Gasteiger partial charge in [-0.3, -0.25) is 9.59 Å². The van der Waals surface area contributed by atoms with E-state index >= 15 is 0 Å². The van der Waals surface area contributed by atoms with E-state index in [2.05, 4.69) is 5.32 Å². The Morgan fingerprint density at radius 3 is 2.50 bits per heavy atom. The summed E-state index contributed by atoms with van der Waals surface area (Å²) in [6.45, 7) is 4.03. The number of carbonyl (C=O) groups excluding carboxylic acids is 2. The van der Waals surface area contributed by atoms with Crippen molar-refractivity contribution in [2.75, 3.05) is 6.54 Å². The second kappa shape index (κ2) is 8.11. The summed E-state index contributed by atoms with van der Waals surface area (Å²) in [5.74, 6) is -2.25. The normalized spacial score (nSPS) is 13.1. The fourth-order valence-corrected chi connectivity index (χ4v) is 1.81. The maximum Gasteiger partial charge on any atom is 0.245 e. The highest BCUT2D eigenvalue weighted by Crippen LogP contribution is 2.10. The number of nitriles is 1. The first-order chi connectivity index (χ1) is 9.60. The fraction of sp³-hybridized carbons (Fsp3) is 0.438. The van der Waals surface area contributed by atoms with Crippen LogP contribution in [0.3, 0.4) is 0 Å². The second-order valence-electron chi connectivity index (χ2n) is 4.80. The summed E-state index contributed by atoms with van der Waals surface area (Å²) in [7, 11) is 0. The van der Waals surface area contributed by atoms with Crippen LogP contribution in [0.2, 0.25) is 0 Å². The topological polar surface area (TPSA) is 70.0 Å². The highest BCUT2D eigenvalue weighted by Gasteiger charge is 2.28. The quantitative estimate of drug-likeness (QED) is 0.773. The Morgan fingerprint density at radius 1 is 1.30 bits per heavy atom. The number of rotatable bonds is 7. The summed E-state index contributed by atoms with van der Waals surface area (Å²) in [6.07, 6.45) is 1.32. The number of nitrogens with zero attached hydrogens (tertiary/aromatic N) is 1. The first-order valence-corrected chi connectivity index (χ1v) is 6.85. The number of hydrogen-bond donors (Lipinski definition) is 1. The van der Waals surface area contributed by atoms with E-state index < -0.39 is 11.8 Å². The van der Waals surface area contributed by atoms with E-state index in [9.17, 15) is 9.59 Å². The van der Waals surface area contributed by atoms with Crippen LogP contribution in [-0.4, -0.2) is 18.2 Å². The summed E-state index contributed by atoms with van der Waals surface area (Å²) in [5.41, 5.74) is 1.11. The van der Waals surface area contributed by atoms with Gasteiger partial charge in [0.2, 0.25) is 5.91 Å². The van der Waals surface area contributed by atoms with E-state index in [1.165, 1.54) is 0 Å². The zero-order valence-corrected chi connectivity index (χ0v) is 11.9. The molecule has 0 saturated carbocycles. The van der Waals surface area contributed by atoms with Gasteiger partial charge in [-0.15, -0.1) is 0 Å². The molecule has 4 nitrogen and oxygen atoms in total. The molecule has 0 fully saturated rings. The van der Waals surface area contributed by atoms with Crippen LogP contribution in [0.25, 0.3) is 0 Å². The molecule has 106 valence electrons. The first kappa shape index (κ1) is 15.9. The monoisotopic (exact) mass is 272 g/mol. The summed E-state index contributed by atoms with van der Waals surface area (Å²) >= 11 is 0. The number of ketones is 1. The van der Waals surface area contributed by atoms with Gasteiger partial charge < -0.3 is 5.32 Å². The standard InChI is InChI=1S/C16H20N2O2/c1-3-12(2)15(19)14(11-17)16(20)18-10-9-13-7-5-4-6-8-13/h4-8,12,14H,3,9-10H2,1-2H3,(H,18,20)/t12-,14+/m1/s1. The summed E-state index contributed by atoms with van der Waals surface area (Å²) in [4.78, 5) is 23.8. The van der Waals surface area contributed by atoms with E-state index in [-0.39, 0.29) is 11.7 Å². The van der Waals surface area contributed by atoms with Gasteiger partial charge in [0.15, 0.2) is 11.7 Å². The van der Waals surface area contributed by atoms with Crippen LogP contribution in [0.15, 0.2) is 30.3 Å². The molecule has 1 aromatic carbocycles. The van der Waals surface area contributed by atoms with Crippen molar-refractivity contribution in [1.82, 2.24) is 5.32 Å². The van der Waals surface area contributed by atoms with Crippen LogP contribution >= 0.6 is 0 Å². The maximum atomic E-state index is 11.9. The van der Waals surface area contributed by atoms with Crippen molar-refractivity contribution >= 4 is 11.7 Å². The summed E-state index contributed by atoms with van der Waals surface area (Å²) < 4.78 is 0. The average molecular weight is 272 g/mol. The molecule has 0 bridgehead atoms. The highest BCUT2D eigenvalue weighted by molar-refractivity contribution is 6.04. The highest BCUT2D eigenvalue weighted by atomic mass is 16.2. The van der Waals surface area contributed by atoms with E-state index in [1.54, 1.807) is 13.0 Å². The predicted octanol–water partition coefficient (Wildman–Crippen LogP) is 2.10. The Balaban J connectivity index is 2.48. The lowest BCUT2D eigenvalue weighted by Crippen LogP contribution is -2.37. The Hall–Kier alpha value is -2.15. The molecule has 4 heteroatoms. The molecule has 0 radical (unpaired) electrons. The Bertz CT molecular complexity index is 491. The van der Waals surface area contributed by atoms with Gasteiger partial charge in [-0.2, -0.15) is 5.26 Å². The lowest BCUT2D eigenvalue weighted by molar-refractivity contribution is -0.133. The van der Waals surface area contributed by atoms with Crippen molar-refractivity contribution in [3.8, 4) is 6.07 Å². The molecule has 20 heavy (non-hydrogen) atoms. The summed E-state index contributed by atoms with van der Waals surface area (Å²) in [6, 6.07) is 11.5. The van der Waals surface area contributed by atoms with Gasteiger partial charge in [0, 0.05) is 12.5 Å². The minimum Gasteiger partial charge on any atom is -0.354 e. The van der Waals surface area contributed by atoms with Gasteiger partial charge in [-0.25, -0.2) is 0 Å². The van der Waals surface area contributed by atoms with E-state index in [1.807, 2.05) is 37.3 Å². The van der Waals surface area contributed by atoms with E-state index in [0.717, 1.165) is 5.56 Å². The number of benzene rings is 1. The van der Waals surface area contributed by atoms with Gasteiger partial charge >= 0.3 is 0 Å². The molecule has 0 aliphatic rings. The summed E-state index contributed by atoms with van der Waals surface area (Å²) in [5, 5.41) is 11.7. The maximum absolute atomic E-state index is 11.9. The number of hydrogen-bond acceptors (Lipinski definition) is 3. The second-order valence-corrected chi connectivity index (χ2v) is 4.80. The van der Waals surface area contributed by atoms with Gasteiger partial charge in [-0.1, -0.05) is 44.2 Å². The van der Waals surface area contributed by atoms with Gasteiger partial charge in [0.05, 0.1) is 6.07 Å². The zero-order valence-electron chi connectivity index (χ0n) is 11.9. The van der Waals surface area contributed by atoms with Crippen molar-refractivity contribution in [2.45, 2.75) is 26.7 Å². The molecule has 0 saturated heterocycles. The van der Waals surface area contributed by atoms with Crippen LogP contribution in [0, 0.1) is 23.2 Å². The number of nitrogens with one attached hydrogen (secondary N) is 1. The van der Waals surface area contributed by atoms with Crippen LogP contribution in [0.4, 0.5) is 0 Å². The molecule has 2 atom stereocenters. The van der Waals surface area contributed by atoms with Crippen molar-refractivity contribution < 1.29 is 9.59 Å². The predicted molar refractivity (Wildman–Crippen MR) is 76.7 cm³/mol. The third-order valence-corrected chi connectivity index (χ3v) is 3.33. The third kappa shape index (κ3) is 4.51. The molecule has 0 aliphatic heterocycles. The van der Waals surface area contributed by atoms with Gasteiger partial charge in [0.25, 0.3) is 0 Å². The minimum absolute atomic E-state index is 0.264. The van der Waals surface area contributed by atoms with Crippen molar-refractivity contribution in [3.63, 3.8) is 0 Å². The SMILES string of the molecule is CC[C@@H](C)C(=O)[C@H](C#N)C(=O)NCCc1ccccc1. The van der Waals surface area contributed by atoms with Crippen molar-refractivity contribution in [1.29, 1.82) is 5.26 Å². The van der Waals surface area contributed by atoms with E-state index in [4.69, 9.17) is 5.26 Å². The minimum atomic E-state index is -1.19. The zero-order chi connectivity index (χ0) is 15.0. The van der Waals surface area contributed by atoms with E-state index in [0.29, 0.717) is 19.4 Å². The fourth-order valence-electron chi connectivity index (χ4n) is 1.81. The Morgan fingerprint density at radius 2 is 1.95 bits per heavy atom. The number of carbonyl (C=O) groups is 2. The van der Waals surface area contributed by atoms with Gasteiger partial charge in [0.1, 0.15) is 0 Å². The Kier molecular flexibility index (Phi) is 6.45. The molecule has 1 amide bonds. The molecule has 0 spiro atoms. The molecular formula is C16H20N2O2. The van der Waals surface area contributed by atoms with Crippen LogP contribution in [0.1, 0.15) is 25.8 Å². The molecule has 0 unspecified atom stereocenters. The number of amides is 1. The van der Waals surface area contributed by atoms with Crippen LogP contribution in [-0.2, 0) is 16.0 Å².